The third kappa shape index (κ3) is 2.51. The summed E-state index contributed by atoms with van der Waals surface area (Å²) in [4.78, 5) is 12.7. The molecule has 0 radical (unpaired) electrons. The molecule has 0 spiro atoms. The van der Waals surface area contributed by atoms with E-state index < -0.39 is 0 Å². The average Bonchev–Trinajstić information content (AvgIpc) is 3.05. The van der Waals surface area contributed by atoms with E-state index in [1.54, 1.807) is 14.2 Å². The molecule has 1 aliphatic heterocycles. The number of furan rings is 1. The zero-order valence-corrected chi connectivity index (χ0v) is 14.6. The number of hydrogen-bond donors (Lipinski definition) is 1. The first-order chi connectivity index (χ1) is 12.1. The molecule has 1 aromatic carbocycles. The van der Waals surface area contributed by atoms with E-state index in [4.69, 9.17) is 13.9 Å². The van der Waals surface area contributed by atoms with Gasteiger partial charge in [-0.15, -0.1) is 0 Å². The highest BCUT2D eigenvalue weighted by Gasteiger charge is 2.38. The first-order valence-electron chi connectivity index (χ1n) is 8.48. The lowest BCUT2D eigenvalue weighted by molar-refractivity contribution is -0.116. The lowest BCUT2D eigenvalue weighted by atomic mass is 9.77. The molecule has 130 valence electrons. The Kier molecular flexibility index (Phi) is 3.79. The van der Waals surface area contributed by atoms with Gasteiger partial charge in [-0.3, -0.25) is 4.79 Å². The highest BCUT2D eigenvalue weighted by molar-refractivity contribution is 6.01. The summed E-state index contributed by atoms with van der Waals surface area (Å²) in [5.41, 5.74) is 3.62. The summed E-state index contributed by atoms with van der Waals surface area (Å²) in [6.45, 7) is 1.91. The molecular weight excluding hydrogens is 318 g/mol. The van der Waals surface area contributed by atoms with Crippen LogP contribution in [0.3, 0.4) is 0 Å². The molecule has 4 rings (SSSR count). The Hall–Kier alpha value is -2.69. The Balaban J connectivity index is 1.98. The number of ether oxygens (including phenoxy) is 2. The van der Waals surface area contributed by atoms with Crippen LogP contribution in [0.4, 0.5) is 5.69 Å². The Morgan fingerprint density at radius 1 is 1.16 bits per heavy atom. The van der Waals surface area contributed by atoms with E-state index in [2.05, 4.69) is 5.32 Å². The second-order valence-electron chi connectivity index (χ2n) is 6.47. The number of Topliss-reactive ketones (excluding diaryl/α,β-unsaturated/α-hetero) is 1. The number of anilines is 1. The number of ketones is 1. The first-order valence-corrected chi connectivity index (χ1v) is 8.48. The minimum Gasteiger partial charge on any atom is -0.497 e. The topological polar surface area (TPSA) is 60.7 Å². The van der Waals surface area contributed by atoms with Crippen molar-refractivity contribution in [3.63, 3.8) is 0 Å². The van der Waals surface area contributed by atoms with Crippen molar-refractivity contribution in [1.82, 2.24) is 0 Å². The molecule has 1 N–H and O–H groups in total. The fourth-order valence-electron chi connectivity index (χ4n) is 3.82. The number of aryl methyl sites for hydroxylation is 1. The molecule has 2 heterocycles. The van der Waals surface area contributed by atoms with Gasteiger partial charge in [-0.1, -0.05) is 0 Å². The number of nitrogens with one attached hydrogen (secondary N) is 1. The third-order valence-electron chi connectivity index (χ3n) is 4.94. The van der Waals surface area contributed by atoms with Crippen molar-refractivity contribution in [1.29, 1.82) is 0 Å². The van der Waals surface area contributed by atoms with Gasteiger partial charge < -0.3 is 19.2 Å². The highest BCUT2D eigenvalue weighted by Crippen LogP contribution is 2.50. The van der Waals surface area contributed by atoms with Crippen molar-refractivity contribution < 1.29 is 18.7 Å². The van der Waals surface area contributed by atoms with E-state index in [1.165, 1.54) is 0 Å². The van der Waals surface area contributed by atoms with Gasteiger partial charge in [-0.05, 0) is 31.9 Å². The van der Waals surface area contributed by atoms with Gasteiger partial charge >= 0.3 is 0 Å². The number of hydrogen-bond acceptors (Lipinski definition) is 5. The summed E-state index contributed by atoms with van der Waals surface area (Å²) >= 11 is 0. The van der Waals surface area contributed by atoms with Crippen molar-refractivity contribution >= 4 is 11.5 Å². The van der Waals surface area contributed by atoms with E-state index in [0.29, 0.717) is 17.9 Å². The summed E-state index contributed by atoms with van der Waals surface area (Å²) in [6, 6.07) is 7.68. The minimum absolute atomic E-state index is 0.177. The first kappa shape index (κ1) is 15.8. The summed E-state index contributed by atoms with van der Waals surface area (Å²) in [7, 11) is 3.26. The van der Waals surface area contributed by atoms with E-state index in [9.17, 15) is 4.79 Å². The number of fused-ring (bicyclic) bond motifs is 1. The fourth-order valence-corrected chi connectivity index (χ4v) is 3.82. The van der Waals surface area contributed by atoms with Gasteiger partial charge in [0.25, 0.3) is 0 Å². The number of carbonyl (C=O) groups excluding carboxylic acids is 1. The third-order valence-corrected chi connectivity index (χ3v) is 4.94. The van der Waals surface area contributed by atoms with Crippen molar-refractivity contribution in [2.24, 2.45) is 0 Å². The van der Waals surface area contributed by atoms with Gasteiger partial charge in [0.2, 0.25) is 0 Å². The van der Waals surface area contributed by atoms with Crippen LogP contribution in [0.2, 0.25) is 0 Å². The van der Waals surface area contributed by atoms with Crippen LogP contribution in [0, 0.1) is 6.92 Å². The molecule has 5 nitrogen and oxygen atoms in total. The summed E-state index contributed by atoms with van der Waals surface area (Å²) in [6.07, 6.45) is 2.30. The monoisotopic (exact) mass is 339 g/mol. The molecule has 1 atom stereocenters. The second kappa shape index (κ2) is 5.99. The molecule has 0 saturated carbocycles. The fraction of sp³-hybridized carbons (Fsp3) is 0.350. The highest BCUT2D eigenvalue weighted by atomic mass is 16.5. The SMILES string of the molecule is COc1cc2c(c(OC)c1)C(c1ccc(C)o1)C1=C(CCCC1=O)N2. The van der Waals surface area contributed by atoms with E-state index in [1.807, 2.05) is 31.2 Å². The average molecular weight is 339 g/mol. The van der Waals surface area contributed by atoms with Crippen LogP contribution < -0.4 is 14.8 Å². The molecule has 2 aromatic rings. The Labute approximate surface area is 146 Å². The van der Waals surface area contributed by atoms with Crippen molar-refractivity contribution in [3.05, 3.63) is 52.6 Å². The lowest BCUT2D eigenvalue weighted by Gasteiger charge is -2.34. The molecule has 1 aliphatic carbocycles. The van der Waals surface area contributed by atoms with Crippen molar-refractivity contribution in [3.8, 4) is 11.5 Å². The summed E-state index contributed by atoms with van der Waals surface area (Å²) in [5, 5.41) is 3.44. The number of carbonyl (C=O) groups is 1. The molecular formula is C20H21NO4. The van der Waals surface area contributed by atoms with E-state index >= 15 is 0 Å². The molecule has 1 unspecified atom stereocenters. The molecule has 5 heteroatoms. The van der Waals surface area contributed by atoms with E-state index in [0.717, 1.165) is 46.9 Å². The Morgan fingerprint density at radius 3 is 2.68 bits per heavy atom. The number of benzene rings is 1. The molecule has 2 aliphatic rings. The number of rotatable bonds is 3. The van der Waals surface area contributed by atoms with Crippen LogP contribution in [0.1, 0.15) is 42.3 Å². The molecule has 0 fully saturated rings. The maximum atomic E-state index is 12.7. The van der Waals surface area contributed by atoms with Gasteiger partial charge in [0.05, 0.1) is 20.1 Å². The van der Waals surface area contributed by atoms with Gasteiger partial charge in [0.15, 0.2) is 5.78 Å². The van der Waals surface area contributed by atoms with Crippen LogP contribution >= 0.6 is 0 Å². The maximum Gasteiger partial charge on any atom is 0.161 e. The molecule has 0 amide bonds. The van der Waals surface area contributed by atoms with Gasteiger partial charge in [0.1, 0.15) is 23.0 Å². The van der Waals surface area contributed by atoms with Gasteiger partial charge in [0, 0.05) is 41.1 Å². The Morgan fingerprint density at radius 2 is 2.00 bits per heavy atom. The predicted molar refractivity (Wildman–Crippen MR) is 94.3 cm³/mol. The van der Waals surface area contributed by atoms with Crippen LogP contribution in [0.25, 0.3) is 0 Å². The molecule has 1 aromatic heterocycles. The van der Waals surface area contributed by atoms with Crippen LogP contribution in [-0.2, 0) is 4.79 Å². The van der Waals surface area contributed by atoms with E-state index in [-0.39, 0.29) is 11.7 Å². The van der Waals surface area contributed by atoms with Crippen molar-refractivity contribution in [2.45, 2.75) is 32.1 Å². The smallest absolute Gasteiger partial charge is 0.161 e. The normalized spacial score (nSPS) is 19.2. The van der Waals surface area contributed by atoms with Crippen LogP contribution in [0.15, 0.2) is 40.0 Å². The summed E-state index contributed by atoms with van der Waals surface area (Å²) in [5.74, 6) is 2.92. The summed E-state index contributed by atoms with van der Waals surface area (Å²) < 4.78 is 17.0. The van der Waals surface area contributed by atoms with Crippen LogP contribution in [0.5, 0.6) is 11.5 Å². The molecule has 0 saturated heterocycles. The number of allylic oxidation sites excluding steroid dienone is 2. The zero-order chi connectivity index (χ0) is 17.6. The molecule has 0 bridgehead atoms. The largest absolute Gasteiger partial charge is 0.497 e. The standard InChI is InChI=1S/C20H21NO4/c1-11-7-8-16(25-11)20-18-13(5-4-6-15(18)22)21-14-9-12(23-2)10-17(24-3)19(14)20/h7-10,20-21H,4-6H2,1-3H3. The Bertz CT molecular complexity index is 878. The lowest BCUT2D eigenvalue weighted by Crippen LogP contribution is -2.27. The quantitative estimate of drug-likeness (QED) is 0.909. The second-order valence-corrected chi connectivity index (χ2v) is 6.47. The zero-order valence-electron chi connectivity index (χ0n) is 14.6. The minimum atomic E-state index is -0.256. The molecule has 25 heavy (non-hydrogen) atoms. The van der Waals surface area contributed by atoms with Gasteiger partial charge in [-0.2, -0.15) is 0 Å². The van der Waals surface area contributed by atoms with Gasteiger partial charge in [-0.25, -0.2) is 0 Å². The number of methoxy groups -OCH3 is 2. The predicted octanol–water partition coefficient (Wildman–Crippen LogP) is 4.17. The maximum absolute atomic E-state index is 12.7. The van der Waals surface area contributed by atoms with Crippen molar-refractivity contribution in [2.75, 3.05) is 19.5 Å². The van der Waals surface area contributed by atoms with Crippen LogP contribution in [-0.4, -0.2) is 20.0 Å².